The Hall–Kier alpha value is 0.683. The number of hydrogen-bond acceptors (Lipinski definition) is 1. The zero-order chi connectivity index (χ0) is 4.12. The fourth-order valence-corrected chi connectivity index (χ4v) is 0.801. The van der Waals surface area contributed by atoms with E-state index in [1.165, 1.54) is 0 Å². The van der Waals surface area contributed by atoms with Crippen molar-refractivity contribution in [1.82, 2.24) is 0 Å². The van der Waals surface area contributed by atoms with E-state index in [2.05, 4.69) is 6.92 Å². The van der Waals surface area contributed by atoms with Gasteiger partial charge in [-0.25, -0.2) is 0 Å². The quantitative estimate of drug-likeness (QED) is 0.679. The Labute approximate surface area is 43.8 Å². The Morgan fingerprint density at radius 2 is 2.40 bits per heavy atom. The minimum atomic E-state index is -1.11. The first-order valence-corrected chi connectivity index (χ1v) is 5.58. The van der Waals surface area contributed by atoms with Crippen molar-refractivity contribution in [3.63, 3.8) is 0 Å². The van der Waals surface area contributed by atoms with Crippen LogP contribution in [0.2, 0.25) is 4.13 Å². The topological polar surface area (TPSA) is 17.1 Å². The summed E-state index contributed by atoms with van der Waals surface area (Å²) in [5.41, 5.74) is 0. The van der Waals surface area contributed by atoms with Crippen molar-refractivity contribution in [3.05, 3.63) is 0 Å². The molecule has 0 aliphatic heterocycles. The fraction of sp³-hybridized carbons (Fsp3) is 1.00. The third-order valence-electron chi connectivity index (χ3n) is 0.315. The van der Waals surface area contributed by atoms with E-state index < -0.39 is 23.2 Å². The second-order valence-electron chi connectivity index (χ2n) is 0.853. The van der Waals surface area contributed by atoms with Crippen LogP contribution in [0.1, 0.15) is 13.3 Å². The Bertz CT molecular complexity index is 28.1. The standard InChI is InChI=1S/C3H7.Bi.O/c1-3-2;;/h1,3H2,2H3;;. The van der Waals surface area contributed by atoms with Crippen LogP contribution in [0.25, 0.3) is 0 Å². The molecule has 0 aromatic rings. The van der Waals surface area contributed by atoms with Crippen LogP contribution in [-0.2, 0) is 2.81 Å². The van der Waals surface area contributed by atoms with E-state index in [4.69, 9.17) is 0 Å². The van der Waals surface area contributed by atoms with Crippen molar-refractivity contribution >= 4 is 23.2 Å². The van der Waals surface area contributed by atoms with Gasteiger partial charge in [0, 0.05) is 0 Å². The average Bonchev–Trinajstić information content (AvgIpc) is 1.41. The van der Waals surface area contributed by atoms with Gasteiger partial charge in [-0.3, -0.25) is 0 Å². The summed E-state index contributed by atoms with van der Waals surface area (Å²) in [6.45, 7) is 2.06. The van der Waals surface area contributed by atoms with Crippen molar-refractivity contribution in [2.75, 3.05) is 0 Å². The maximum absolute atomic E-state index is 9.71. The minimum absolute atomic E-state index is 1.01. The van der Waals surface area contributed by atoms with E-state index >= 15 is 0 Å². The zero-order valence-electron chi connectivity index (χ0n) is 3.27. The summed E-state index contributed by atoms with van der Waals surface area (Å²) in [6, 6.07) is 0. The van der Waals surface area contributed by atoms with Gasteiger partial charge in [0.25, 0.3) is 0 Å². The molecule has 0 atom stereocenters. The summed E-state index contributed by atoms with van der Waals surface area (Å²) >= 11 is -1.11. The van der Waals surface area contributed by atoms with Crippen LogP contribution in [-0.4, -0.2) is 23.2 Å². The molecule has 1 nitrogen and oxygen atoms in total. The van der Waals surface area contributed by atoms with Crippen LogP contribution in [0.3, 0.4) is 0 Å². The van der Waals surface area contributed by atoms with E-state index in [1.807, 2.05) is 0 Å². The van der Waals surface area contributed by atoms with Gasteiger partial charge in [-0.2, -0.15) is 0 Å². The Kier molecular flexibility index (Phi) is 5.32. The van der Waals surface area contributed by atoms with Gasteiger partial charge in [0.15, 0.2) is 0 Å². The Balaban J connectivity index is 2.40. The van der Waals surface area contributed by atoms with Gasteiger partial charge < -0.3 is 0 Å². The fourth-order valence-electron chi connectivity index (χ4n) is 0.0913. The van der Waals surface area contributed by atoms with Crippen LogP contribution in [0.4, 0.5) is 0 Å². The molecular weight excluding hydrogens is 261 g/mol. The Morgan fingerprint density at radius 1 is 1.80 bits per heavy atom. The third kappa shape index (κ3) is 4.68. The van der Waals surface area contributed by atoms with Crippen molar-refractivity contribution < 1.29 is 2.81 Å². The summed E-state index contributed by atoms with van der Waals surface area (Å²) in [5, 5.41) is 0. The van der Waals surface area contributed by atoms with E-state index in [0.29, 0.717) is 0 Å². The summed E-state index contributed by atoms with van der Waals surface area (Å²) in [4.78, 5) is 0. The van der Waals surface area contributed by atoms with Gasteiger partial charge in [0.2, 0.25) is 0 Å². The molecule has 0 unspecified atom stereocenters. The summed E-state index contributed by atoms with van der Waals surface area (Å²) in [6.07, 6.45) is 1.11. The monoisotopic (exact) mass is 268 g/mol. The van der Waals surface area contributed by atoms with Crippen LogP contribution in [0, 0.1) is 0 Å². The first-order valence-electron chi connectivity index (χ1n) is 1.71. The number of hydrogen-bond donors (Lipinski definition) is 0. The third-order valence-corrected chi connectivity index (χ3v) is 2.76. The van der Waals surface area contributed by atoms with Gasteiger partial charge in [-0.1, -0.05) is 0 Å². The molecule has 0 bridgehead atoms. The Morgan fingerprint density at radius 3 is 2.40 bits per heavy atom. The molecule has 0 N–H and O–H groups in total. The van der Waals surface area contributed by atoms with E-state index in [9.17, 15) is 2.81 Å². The molecule has 5 heavy (non-hydrogen) atoms. The molecule has 0 rings (SSSR count). The summed E-state index contributed by atoms with van der Waals surface area (Å²) < 4.78 is 10.7. The SMILES string of the molecule is CC[CH2][Bi]=[O]. The van der Waals surface area contributed by atoms with E-state index in [1.54, 1.807) is 0 Å². The molecule has 0 spiro atoms. The molecular formula is C3H7BiO. The van der Waals surface area contributed by atoms with E-state index in [-0.39, 0.29) is 0 Å². The summed E-state index contributed by atoms with van der Waals surface area (Å²) in [5.74, 6) is 0. The van der Waals surface area contributed by atoms with Crippen molar-refractivity contribution in [1.29, 1.82) is 0 Å². The molecule has 0 fully saturated rings. The van der Waals surface area contributed by atoms with Crippen LogP contribution >= 0.6 is 0 Å². The van der Waals surface area contributed by atoms with Crippen LogP contribution in [0.15, 0.2) is 0 Å². The molecule has 0 aliphatic carbocycles. The number of rotatable bonds is 2. The average molecular weight is 268 g/mol. The molecule has 0 aromatic heterocycles. The van der Waals surface area contributed by atoms with Gasteiger partial charge >= 0.3 is 43.5 Å². The second-order valence-corrected chi connectivity index (χ2v) is 3.59. The van der Waals surface area contributed by atoms with Crippen LogP contribution < -0.4 is 0 Å². The molecule has 30 valence electrons. The zero-order valence-corrected chi connectivity index (χ0v) is 6.75. The van der Waals surface area contributed by atoms with Gasteiger partial charge in [-0.05, 0) is 0 Å². The molecule has 0 saturated heterocycles. The van der Waals surface area contributed by atoms with Gasteiger partial charge in [0.05, 0.1) is 0 Å². The van der Waals surface area contributed by atoms with E-state index in [0.717, 1.165) is 10.5 Å². The molecule has 0 radical (unpaired) electrons. The second kappa shape index (κ2) is 4.68. The predicted octanol–water partition coefficient (Wildman–Crippen LogP) is 0.864. The normalized spacial score (nSPS) is 7.40. The first-order chi connectivity index (χ1) is 2.41. The van der Waals surface area contributed by atoms with Crippen LogP contribution in [0.5, 0.6) is 0 Å². The molecule has 0 heterocycles. The van der Waals surface area contributed by atoms with Crippen molar-refractivity contribution in [2.45, 2.75) is 17.5 Å². The molecule has 0 aromatic carbocycles. The first kappa shape index (κ1) is 5.68. The van der Waals surface area contributed by atoms with Crippen molar-refractivity contribution in [3.8, 4) is 0 Å². The molecule has 0 amide bonds. The maximum atomic E-state index is 9.71. The predicted molar refractivity (Wildman–Crippen MR) is 21.5 cm³/mol. The van der Waals surface area contributed by atoms with Gasteiger partial charge in [-0.15, -0.1) is 0 Å². The molecule has 0 saturated carbocycles. The molecule has 2 heteroatoms. The summed E-state index contributed by atoms with van der Waals surface area (Å²) in [7, 11) is 0. The van der Waals surface area contributed by atoms with Crippen molar-refractivity contribution in [2.24, 2.45) is 0 Å². The molecule has 0 aliphatic rings. The van der Waals surface area contributed by atoms with Gasteiger partial charge in [0.1, 0.15) is 0 Å².